The molecule has 0 spiro atoms. The number of thioether (sulfide) groups is 1. The number of anilines is 1. The van der Waals surface area contributed by atoms with Crippen LogP contribution in [0.1, 0.15) is 17.3 Å². The highest BCUT2D eigenvalue weighted by Gasteiger charge is 2.17. The van der Waals surface area contributed by atoms with Gasteiger partial charge in [-0.25, -0.2) is 4.79 Å². The van der Waals surface area contributed by atoms with Crippen LogP contribution >= 0.6 is 23.1 Å². The fourth-order valence-electron chi connectivity index (χ4n) is 3.07. The van der Waals surface area contributed by atoms with E-state index in [1.54, 1.807) is 18.4 Å². The fourth-order valence-corrected chi connectivity index (χ4v) is 4.63. The van der Waals surface area contributed by atoms with E-state index in [0.29, 0.717) is 15.6 Å². The van der Waals surface area contributed by atoms with Gasteiger partial charge in [-0.1, -0.05) is 66.4 Å². The number of nitrogens with zero attached hydrogens (tertiary/aromatic N) is 2. The molecule has 1 N–H and O–H groups in total. The molecule has 0 bridgehead atoms. The molecule has 2 aromatic heterocycles. The van der Waals surface area contributed by atoms with Crippen LogP contribution in [0, 0.1) is 0 Å². The minimum atomic E-state index is -0.444. The first kappa shape index (κ1) is 21.0. The maximum absolute atomic E-state index is 12.5. The number of rotatable bonds is 7. The molecular weight excluding hydrogens is 430 g/mol. The van der Waals surface area contributed by atoms with E-state index in [9.17, 15) is 9.59 Å². The molecule has 0 saturated heterocycles. The van der Waals surface area contributed by atoms with Crippen molar-refractivity contribution in [2.45, 2.75) is 11.9 Å². The van der Waals surface area contributed by atoms with Crippen molar-refractivity contribution in [2.75, 3.05) is 17.7 Å². The molecule has 4 rings (SSSR count). The number of aromatic nitrogens is 2. The highest BCUT2D eigenvalue weighted by atomic mass is 32.2. The molecule has 2 heterocycles. The van der Waals surface area contributed by atoms with Crippen LogP contribution in [0.4, 0.5) is 5.00 Å². The lowest BCUT2D eigenvalue weighted by atomic mass is 10.1. The molecule has 0 unspecified atom stereocenters. The Balaban J connectivity index is 1.51. The molecule has 0 aliphatic rings. The highest BCUT2D eigenvalue weighted by molar-refractivity contribution is 8.00. The van der Waals surface area contributed by atoms with Crippen LogP contribution in [-0.4, -0.2) is 34.4 Å². The molecule has 0 aliphatic heterocycles. The monoisotopic (exact) mass is 449 g/mol. The number of esters is 1. The van der Waals surface area contributed by atoms with Crippen LogP contribution in [0.25, 0.3) is 22.0 Å². The predicted octanol–water partition coefficient (Wildman–Crippen LogP) is 5.27. The first-order valence-corrected chi connectivity index (χ1v) is 11.5. The average Bonchev–Trinajstić information content (AvgIpc) is 3.26. The number of ether oxygens (including phenoxy) is 1. The minimum absolute atomic E-state index is 0.142. The van der Waals surface area contributed by atoms with E-state index < -0.39 is 5.97 Å². The van der Waals surface area contributed by atoms with Crippen LogP contribution in [0.15, 0.2) is 71.1 Å². The van der Waals surface area contributed by atoms with Crippen LogP contribution in [0.2, 0.25) is 0 Å². The molecule has 0 aliphatic carbocycles. The summed E-state index contributed by atoms with van der Waals surface area (Å²) in [6.45, 7) is 2.02. The molecule has 4 aromatic rings. The zero-order valence-electron chi connectivity index (χ0n) is 16.7. The molecule has 8 heteroatoms. The minimum Gasteiger partial charge on any atom is -0.462 e. The van der Waals surface area contributed by atoms with Gasteiger partial charge in [0.25, 0.3) is 0 Å². The largest absolute Gasteiger partial charge is 0.462 e. The summed E-state index contributed by atoms with van der Waals surface area (Å²) in [6, 6.07) is 19.4. The number of thiophene rings is 1. The van der Waals surface area contributed by atoms with Gasteiger partial charge in [-0.15, -0.1) is 21.5 Å². The van der Waals surface area contributed by atoms with Gasteiger partial charge in [-0.2, -0.15) is 0 Å². The summed E-state index contributed by atoms with van der Waals surface area (Å²) in [5, 5.41) is 16.4. The average molecular weight is 450 g/mol. The first-order chi connectivity index (χ1) is 15.2. The second-order valence-corrected chi connectivity index (χ2v) is 8.37. The van der Waals surface area contributed by atoms with E-state index >= 15 is 0 Å². The van der Waals surface area contributed by atoms with Gasteiger partial charge in [-0.05, 0) is 18.4 Å². The maximum atomic E-state index is 12.5. The highest BCUT2D eigenvalue weighted by Crippen LogP contribution is 2.32. The number of nitrogens with one attached hydrogen (secondary N) is 1. The van der Waals surface area contributed by atoms with Crippen molar-refractivity contribution in [1.29, 1.82) is 0 Å². The van der Waals surface area contributed by atoms with Crippen LogP contribution in [0.3, 0.4) is 0 Å². The molecule has 2 aromatic carbocycles. The zero-order valence-corrected chi connectivity index (χ0v) is 18.3. The summed E-state index contributed by atoms with van der Waals surface area (Å²) in [5.41, 5.74) is 2.16. The summed E-state index contributed by atoms with van der Waals surface area (Å²) in [5.74, 6) is -0.528. The number of carbonyl (C=O) groups excluding carboxylic acids is 2. The van der Waals surface area contributed by atoms with E-state index in [1.807, 2.05) is 54.6 Å². The Kier molecular flexibility index (Phi) is 6.59. The van der Waals surface area contributed by atoms with E-state index in [2.05, 4.69) is 15.5 Å². The van der Waals surface area contributed by atoms with Crippen molar-refractivity contribution in [1.82, 2.24) is 10.2 Å². The van der Waals surface area contributed by atoms with Gasteiger partial charge in [0.2, 0.25) is 5.91 Å². The van der Waals surface area contributed by atoms with Crippen molar-refractivity contribution in [3.63, 3.8) is 0 Å². The molecule has 0 fully saturated rings. The molecule has 1 amide bonds. The molecule has 0 radical (unpaired) electrons. The smallest absolute Gasteiger partial charge is 0.341 e. The third-order valence-electron chi connectivity index (χ3n) is 4.45. The van der Waals surface area contributed by atoms with Crippen LogP contribution in [-0.2, 0) is 9.53 Å². The Morgan fingerprint density at radius 2 is 1.74 bits per heavy atom. The summed E-state index contributed by atoms with van der Waals surface area (Å²) in [7, 11) is 0. The second-order valence-electron chi connectivity index (χ2n) is 6.49. The van der Waals surface area contributed by atoms with Crippen LogP contribution < -0.4 is 5.32 Å². The standard InChI is InChI=1S/C23H19N3O3S2/c1-2-29-23(28)18-12-13-30-21(18)24-19(27)14-31-22-17-11-7-6-10-16(17)20(25-26-22)15-8-4-3-5-9-15/h3-13H,2,14H2,1H3,(H,24,27). The van der Waals surface area contributed by atoms with E-state index in [-0.39, 0.29) is 18.3 Å². The van der Waals surface area contributed by atoms with E-state index in [0.717, 1.165) is 22.0 Å². The Morgan fingerprint density at radius 3 is 2.52 bits per heavy atom. The van der Waals surface area contributed by atoms with Gasteiger partial charge in [0.05, 0.1) is 17.9 Å². The number of hydrogen-bond donors (Lipinski definition) is 1. The molecule has 0 atom stereocenters. The topological polar surface area (TPSA) is 81.2 Å². The number of fused-ring (bicyclic) bond motifs is 1. The second kappa shape index (κ2) is 9.72. The summed E-state index contributed by atoms with van der Waals surface area (Å²) < 4.78 is 5.03. The van der Waals surface area contributed by atoms with Gasteiger partial charge in [0.1, 0.15) is 15.7 Å². The fraction of sp³-hybridized carbons (Fsp3) is 0.130. The lowest BCUT2D eigenvalue weighted by molar-refractivity contribution is -0.113. The van der Waals surface area contributed by atoms with Crippen LogP contribution in [0.5, 0.6) is 0 Å². The number of hydrogen-bond acceptors (Lipinski definition) is 7. The first-order valence-electron chi connectivity index (χ1n) is 9.65. The van der Waals surface area contributed by atoms with Gasteiger partial charge in [-0.3, -0.25) is 4.79 Å². The van der Waals surface area contributed by atoms with E-state index in [1.165, 1.54) is 23.1 Å². The molecule has 31 heavy (non-hydrogen) atoms. The van der Waals surface area contributed by atoms with Crippen molar-refractivity contribution in [2.24, 2.45) is 0 Å². The Labute approximate surface area is 187 Å². The Bertz CT molecular complexity index is 1230. The van der Waals surface area contributed by atoms with Crippen molar-refractivity contribution in [3.8, 4) is 11.3 Å². The summed E-state index contributed by atoms with van der Waals surface area (Å²) in [4.78, 5) is 24.5. The lowest BCUT2D eigenvalue weighted by Crippen LogP contribution is -2.16. The van der Waals surface area contributed by atoms with Gasteiger partial charge in [0.15, 0.2) is 0 Å². The summed E-state index contributed by atoms with van der Waals surface area (Å²) >= 11 is 2.60. The Hall–Kier alpha value is -3.23. The number of benzene rings is 2. The normalized spacial score (nSPS) is 10.7. The number of amides is 1. The molecule has 0 saturated carbocycles. The third kappa shape index (κ3) is 4.76. The molecule has 6 nitrogen and oxygen atoms in total. The quantitative estimate of drug-likeness (QED) is 0.306. The van der Waals surface area contributed by atoms with Crippen molar-refractivity contribution >= 4 is 50.7 Å². The van der Waals surface area contributed by atoms with Gasteiger partial charge < -0.3 is 10.1 Å². The molecular formula is C23H19N3O3S2. The maximum Gasteiger partial charge on any atom is 0.341 e. The molecule has 156 valence electrons. The number of carbonyl (C=O) groups is 2. The van der Waals surface area contributed by atoms with Gasteiger partial charge in [0, 0.05) is 16.3 Å². The SMILES string of the molecule is CCOC(=O)c1ccsc1NC(=O)CSc1nnc(-c2ccccc2)c2ccccc12. The Morgan fingerprint density at radius 1 is 1.00 bits per heavy atom. The lowest BCUT2D eigenvalue weighted by Gasteiger charge is -2.09. The van der Waals surface area contributed by atoms with E-state index in [4.69, 9.17) is 4.74 Å². The van der Waals surface area contributed by atoms with Gasteiger partial charge >= 0.3 is 5.97 Å². The van der Waals surface area contributed by atoms with Crippen molar-refractivity contribution in [3.05, 3.63) is 71.6 Å². The van der Waals surface area contributed by atoms with Crippen molar-refractivity contribution < 1.29 is 14.3 Å². The summed E-state index contributed by atoms with van der Waals surface area (Å²) in [6.07, 6.45) is 0. The third-order valence-corrected chi connectivity index (χ3v) is 6.27. The predicted molar refractivity (Wildman–Crippen MR) is 125 cm³/mol. The zero-order chi connectivity index (χ0) is 21.6.